The van der Waals surface area contributed by atoms with Gasteiger partial charge in [0, 0.05) is 21.0 Å². The van der Waals surface area contributed by atoms with Gasteiger partial charge < -0.3 is 5.11 Å². The smallest absolute Gasteiger partial charge is 0.138 e. The lowest BCUT2D eigenvalue weighted by Gasteiger charge is -2.14. The van der Waals surface area contributed by atoms with Crippen molar-refractivity contribution in [3.8, 4) is 0 Å². The summed E-state index contributed by atoms with van der Waals surface area (Å²) in [5.74, 6) is 1.31. The van der Waals surface area contributed by atoms with Crippen LogP contribution in [0.1, 0.15) is 31.3 Å². The van der Waals surface area contributed by atoms with E-state index in [1.807, 2.05) is 22.9 Å². The Morgan fingerprint density at radius 1 is 1.40 bits per heavy atom. The van der Waals surface area contributed by atoms with Gasteiger partial charge in [-0.15, -0.1) is 0 Å². The number of aliphatic hydroxyl groups excluding tert-OH is 1. The fraction of sp³-hybridized carbons (Fsp3) is 0.429. The molecule has 20 heavy (non-hydrogen) atoms. The first-order valence-corrected chi connectivity index (χ1v) is 8.34. The topological polar surface area (TPSA) is 50.9 Å². The summed E-state index contributed by atoms with van der Waals surface area (Å²) in [5, 5.41) is 14.7. The van der Waals surface area contributed by atoms with Gasteiger partial charge in [-0.1, -0.05) is 29.8 Å². The predicted octanol–water partition coefficient (Wildman–Crippen LogP) is 3.58. The van der Waals surface area contributed by atoms with Gasteiger partial charge in [-0.3, -0.25) is 0 Å². The molecule has 0 radical (unpaired) electrons. The number of aliphatic hydroxyl groups is 1. The molecule has 6 heteroatoms. The fourth-order valence-corrected chi connectivity index (χ4v) is 3.02. The molecule has 1 atom stereocenters. The maximum absolute atomic E-state index is 10.4. The zero-order chi connectivity index (χ0) is 14.7. The van der Waals surface area contributed by atoms with Crippen molar-refractivity contribution in [1.82, 2.24) is 14.8 Å². The maximum Gasteiger partial charge on any atom is 0.138 e. The van der Waals surface area contributed by atoms with Gasteiger partial charge in [-0.05, 0) is 52.3 Å². The molecule has 1 aromatic carbocycles. The van der Waals surface area contributed by atoms with Crippen molar-refractivity contribution < 1.29 is 5.11 Å². The molecule has 0 aliphatic heterocycles. The van der Waals surface area contributed by atoms with Gasteiger partial charge in [0.15, 0.2) is 0 Å². The highest BCUT2D eigenvalue weighted by Gasteiger charge is 2.16. The Hall–Kier alpha value is -0.470. The van der Waals surface area contributed by atoms with Crippen LogP contribution in [0.5, 0.6) is 0 Å². The molecule has 0 saturated carbocycles. The monoisotopic (exact) mass is 449 g/mol. The third-order valence-corrected chi connectivity index (χ3v) is 4.32. The molecule has 1 N–H and O–H groups in total. The van der Waals surface area contributed by atoms with Crippen LogP contribution in [0.15, 0.2) is 29.0 Å². The highest BCUT2D eigenvalue weighted by molar-refractivity contribution is 14.1. The SMILES string of the molecule is CC(C)Cn1ncnc1CC(O)c1cc(I)ccc1Br. The number of hydrogen-bond acceptors (Lipinski definition) is 3. The fourth-order valence-electron chi connectivity index (χ4n) is 2.00. The van der Waals surface area contributed by atoms with Crippen LogP contribution in [0.4, 0.5) is 0 Å². The van der Waals surface area contributed by atoms with E-state index in [1.54, 1.807) is 6.33 Å². The minimum absolute atomic E-state index is 0.464. The van der Waals surface area contributed by atoms with Crippen molar-refractivity contribution in [3.63, 3.8) is 0 Å². The second-order valence-corrected chi connectivity index (χ2v) is 7.24. The van der Waals surface area contributed by atoms with E-state index in [1.165, 1.54) is 0 Å². The number of rotatable bonds is 5. The Morgan fingerprint density at radius 3 is 2.85 bits per heavy atom. The molecule has 0 amide bonds. The van der Waals surface area contributed by atoms with Crippen LogP contribution in [-0.2, 0) is 13.0 Å². The Balaban J connectivity index is 2.17. The summed E-state index contributed by atoms with van der Waals surface area (Å²) in [6.45, 7) is 5.09. The third kappa shape index (κ3) is 4.02. The second-order valence-electron chi connectivity index (χ2n) is 5.14. The van der Waals surface area contributed by atoms with Gasteiger partial charge in [0.25, 0.3) is 0 Å². The van der Waals surface area contributed by atoms with Gasteiger partial charge in [-0.25, -0.2) is 9.67 Å². The number of hydrogen-bond donors (Lipinski definition) is 1. The van der Waals surface area contributed by atoms with E-state index in [-0.39, 0.29) is 0 Å². The van der Waals surface area contributed by atoms with Gasteiger partial charge in [0.1, 0.15) is 12.2 Å². The first kappa shape index (κ1) is 15.9. The summed E-state index contributed by atoms with van der Waals surface area (Å²) in [6.07, 6.45) is 1.42. The molecule has 0 saturated heterocycles. The molecular formula is C14H17BrIN3O. The minimum atomic E-state index is -0.589. The van der Waals surface area contributed by atoms with Crippen molar-refractivity contribution in [1.29, 1.82) is 0 Å². The average molecular weight is 450 g/mol. The van der Waals surface area contributed by atoms with Crippen LogP contribution in [0.2, 0.25) is 0 Å². The highest BCUT2D eigenvalue weighted by atomic mass is 127. The van der Waals surface area contributed by atoms with Gasteiger partial charge in [-0.2, -0.15) is 5.10 Å². The molecule has 2 rings (SSSR count). The third-order valence-electron chi connectivity index (χ3n) is 2.93. The molecule has 1 heterocycles. The van der Waals surface area contributed by atoms with E-state index < -0.39 is 6.10 Å². The number of nitrogens with zero attached hydrogens (tertiary/aromatic N) is 3. The van der Waals surface area contributed by atoms with Crippen LogP contribution in [-0.4, -0.2) is 19.9 Å². The Labute approximate surface area is 140 Å². The molecule has 4 nitrogen and oxygen atoms in total. The van der Waals surface area contributed by atoms with Crippen molar-refractivity contribution in [2.45, 2.75) is 32.9 Å². The molecule has 0 bridgehead atoms. The van der Waals surface area contributed by atoms with E-state index in [0.717, 1.165) is 26.0 Å². The van der Waals surface area contributed by atoms with E-state index >= 15 is 0 Å². The summed E-state index contributed by atoms with van der Waals surface area (Å²) < 4.78 is 3.89. The van der Waals surface area contributed by atoms with E-state index in [4.69, 9.17) is 0 Å². The largest absolute Gasteiger partial charge is 0.388 e. The summed E-state index contributed by atoms with van der Waals surface area (Å²) in [5.41, 5.74) is 0.885. The lowest BCUT2D eigenvalue weighted by molar-refractivity contribution is 0.172. The van der Waals surface area contributed by atoms with Crippen molar-refractivity contribution in [3.05, 3.63) is 44.0 Å². The second kappa shape index (κ2) is 7.00. The van der Waals surface area contributed by atoms with Gasteiger partial charge in [0.05, 0.1) is 6.10 Å². The van der Waals surface area contributed by atoms with Crippen LogP contribution in [0.3, 0.4) is 0 Å². The molecule has 1 unspecified atom stereocenters. The first-order valence-electron chi connectivity index (χ1n) is 6.47. The molecule has 0 fully saturated rings. The number of benzene rings is 1. The lowest BCUT2D eigenvalue weighted by Crippen LogP contribution is -2.13. The van der Waals surface area contributed by atoms with Crippen LogP contribution in [0.25, 0.3) is 0 Å². The standard InChI is InChI=1S/C14H17BrIN3O/c1-9(2)7-19-14(17-8-18-19)6-13(20)11-5-10(16)3-4-12(11)15/h3-5,8-9,13,20H,6-7H2,1-2H3. The molecule has 0 aliphatic carbocycles. The quantitative estimate of drug-likeness (QED) is 0.710. The van der Waals surface area contributed by atoms with Crippen LogP contribution in [0, 0.1) is 9.49 Å². The zero-order valence-electron chi connectivity index (χ0n) is 11.4. The average Bonchev–Trinajstić information content (AvgIpc) is 2.78. The van der Waals surface area contributed by atoms with E-state index in [9.17, 15) is 5.11 Å². The van der Waals surface area contributed by atoms with Crippen LogP contribution < -0.4 is 0 Å². The molecular weight excluding hydrogens is 433 g/mol. The van der Waals surface area contributed by atoms with E-state index in [2.05, 4.69) is 62.5 Å². The van der Waals surface area contributed by atoms with Crippen molar-refractivity contribution >= 4 is 38.5 Å². The lowest BCUT2D eigenvalue weighted by atomic mass is 10.1. The van der Waals surface area contributed by atoms with Crippen molar-refractivity contribution in [2.75, 3.05) is 0 Å². The Bertz CT molecular complexity index is 586. The predicted molar refractivity (Wildman–Crippen MR) is 90.4 cm³/mol. The normalized spacial score (nSPS) is 12.9. The molecule has 108 valence electrons. The molecule has 0 spiro atoms. The molecule has 0 aliphatic rings. The maximum atomic E-state index is 10.4. The summed E-state index contributed by atoms with van der Waals surface area (Å²) >= 11 is 5.73. The number of aromatic nitrogens is 3. The highest BCUT2D eigenvalue weighted by Crippen LogP contribution is 2.27. The summed E-state index contributed by atoms with van der Waals surface area (Å²) in [6, 6.07) is 5.94. The van der Waals surface area contributed by atoms with Gasteiger partial charge >= 0.3 is 0 Å². The molecule has 1 aromatic heterocycles. The van der Waals surface area contributed by atoms with E-state index in [0.29, 0.717) is 12.3 Å². The Morgan fingerprint density at radius 2 is 2.15 bits per heavy atom. The number of halogens is 2. The summed E-state index contributed by atoms with van der Waals surface area (Å²) in [7, 11) is 0. The van der Waals surface area contributed by atoms with Gasteiger partial charge in [0.2, 0.25) is 0 Å². The first-order chi connectivity index (χ1) is 9.47. The zero-order valence-corrected chi connectivity index (χ0v) is 15.2. The summed E-state index contributed by atoms with van der Waals surface area (Å²) in [4.78, 5) is 4.26. The Kier molecular flexibility index (Phi) is 5.57. The molecule has 2 aromatic rings. The minimum Gasteiger partial charge on any atom is -0.388 e. The van der Waals surface area contributed by atoms with Crippen LogP contribution >= 0.6 is 38.5 Å². The van der Waals surface area contributed by atoms with Crippen molar-refractivity contribution in [2.24, 2.45) is 5.92 Å².